The highest BCUT2D eigenvalue weighted by Crippen LogP contribution is 2.30. The normalized spacial score (nSPS) is 15.3. The summed E-state index contributed by atoms with van der Waals surface area (Å²) >= 11 is 0. The van der Waals surface area contributed by atoms with E-state index in [1.165, 1.54) is 0 Å². The number of carbonyl (C=O) groups is 1. The first-order valence-electron chi connectivity index (χ1n) is 10.5. The van der Waals surface area contributed by atoms with Crippen molar-refractivity contribution in [3.05, 3.63) is 65.0 Å². The SMILES string of the molecule is C#Cc1cc(-c2nc(C(=O)N3CC[C@H](C)C3)c(C)n2-c2ccc(OC)cc2)ccc1C#N. The van der Waals surface area contributed by atoms with Gasteiger partial charge in [-0.3, -0.25) is 9.36 Å². The predicted molar refractivity (Wildman–Crippen MR) is 123 cm³/mol. The van der Waals surface area contributed by atoms with Crippen LogP contribution in [-0.2, 0) is 0 Å². The number of hydrogen-bond acceptors (Lipinski definition) is 4. The molecule has 0 radical (unpaired) electrons. The van der Waals surface area contributed by atoms with E-state index in [9.17, 15) is 10.1 Å². The molecule has 0 aliphatic carbocycles. The van der Waals surface area contributed by atoms with E-state index in [2.05, 4.69) is 18.9 Å². The quantitative estimate of drug-likeness (QED) is 0.589. The molecule has 1 atom stereocenters. The van der Waals surface area contributed by atoms with Gasteiger partial charge in [0.15, 0.2) is 0 Å². The van der Waals surface area contributed by atoms with E-state index in [4.69, 9.17) is 16.1 Å². The Morgan fingerprint density at radius 1 is 1.22 bits per heavy atom. The molecular formula is C26H24N4O2. The minimum atomic E-state index is -0.0637. The molecule has 1 fully saturated rings. The van der Waals surface area contributed by atoms with Crippen LogP contribution in [0.2, 0.25) is 0 Å². The molecule has 1 amide bonds. The lowest BCUT2D eigenvalue weighted by Crippen LogP contribution is -2.29. The Kier molecular flexibility index (Phi) is 5.71. The van der Waals surface area contributed by atoms with Gasteiger partial charge in [0.1, 0.15) is 23.3 Å². The third-order valence-electron chi connectivity index (χ3n) is 5.91. The van der Waals surface area contributed by atoms with Crippen molar-refractivity contribution in [2.45, 2.75) is 20.3 Å². The van der Waals surface area contributed by atoms with E-state index in [0.29, 0.717) is 28.6 Å². The zero-order valence-corrected chi connectivity index (χ0v) is 18.4. The Balaban J connectivity index is 1.88. The van der Waals surface area contributed by atoms with Crippen molar-refractivity contribution < 1.29 is 9.53 Å². The molecule has 6 heteroatoms. The number of benzene rings is 2. The number of terminal acetylenes is 1. The number of aromatic nitrogens is 2. The molecule has 1 saturated heterocycles. The van der Waals surface area contributed by atoms with Gasteiger partial charge < -0.3 is 9.64 Å². The van der Waals surface area contributed by atoms with Gasteiger partial charge in [-0.05, 0) is 61.7 Å². The number of nitrogens with zero attached hydrogens (tertiary/aromatic N) is 4. The summed E-state index contributed by atoms with van der Waals surface area (Å²) in [5.41, 5.74) is 3.69. The molecule has 3 aromatic rings. The van der Waals surface area contributed by atoms with E-state index in [0.717, 1.165) is 42.2 Å². The maximum atomic E-state index is 13.3. The van der Waals surface area contributed by atoms with E-state index in [1.54, 1.807) is 19.2 Å². The number of amides is 1. The van der Waals surface area contributed by atoms with Crippen LogP contribution >= 0.6 is 0 Å². The highest BCUT2D eigenvalue weighted by atomic mass is 16.5. The molecule has 2 heterocycles. The van der Waals surface area contributed by atoms with Gasteiger partial charge in [0.05, 0.1) is 18.4 Å². The summed E-state index contributed by atoms with van der Waals surface area (Å²) in [5.74, 6) is 4.34. The molecule has 0 N–H and O–H groups in total. The molecule has 4 rings (SSSR count). The average Bonchev–Trinajstić information content (AvgIpc) is 3.41. The molecular weight excluding hydrogens is 400 g/mol. The van der Waals surface area contributed by atoms with Crippen LogP contribution in [0.5, 0.6) is 5.75 Å². The Morgan fingerprint density at radius 2 is 1.97 bits per heavy atom. The molecule has 0 unspecified atom stereocenters. The third kappa shape index (κ3) is 3.72. The number of likely N-dealkylation sites (tertiary alicyclic amines) is 1. The van der Waals surface area contributed by atoms with Crippen LogP contribution in [0.1, 0.15) is 40.7 Å². The Bertz CT molecular complexity index is 1260. The van der Waals surface area contributed by atoms with Gasteiger partial charge in [-0.15, -0.1) is 6.42 Å². The second-order valence-corrected chi connectivity index (χ2v) is 8.06. The molecule has 2 aromatic carbocycles. The number of ether oxygens (including phenoxy) is 1. The zero-order chi connectivity index (χ0) is 22.8. The number of nitriles is 1. The molecule has 160 valence electrons. The van der Waals surface area contributed by atoms with E-state index in [-0.39, 0.29) is 5.91 Å². The van der Waals surface area contributed by atoms with Crippen LogP contribution in [0.3, 0.4) is 0 Å². The van der Waals surface area contributed by atoms with Crippen molar-refractivity contribution in [2.24, 2.45) is 5.92 Å². The molecule has 1 aliphatic heterocycles. The lowest BCUT2D eigenvalue weighted by Gasteiger charge is -2.15. The Labute approximate surface area is 188 Å². The van der Waals surface area contributed by atoms with Crippen LogP contribution < -0.4 is 4.74 Å². The molecule has 32 heavy (non-hydrogen) atoms. The van der Waals surface area contributed by atoms with Crippen molar-refractivity contribution in [3.63, 3.8) is 0 Å². The fraction of sp³-hybridized carbons (Fsp3) is 0.269. The highest BCUT2D eigenvalue weighted by Gasteiger charge is 2.29. The minimum absolute atomic E-state index is 0.0637. The lowest BCUT2D eigenvalue weighted by atomic mass is 10.0. The van der Waals surface area contributed by atoms with Crippen LogP contribution in [0.25, 0.3) is 17.1 Å². The van der Waals surface area contributed by atoms with E-state index in [1.807, 2.05) is 46.7 Å². The van der Waals surface area contributed by atoms with Gasteiger partial charge in [0.25, 0.3) is 5.91 Å². The van der Waals surface area contributed by atoms with Crippen molar-refractivity contribution in [1.29, 1.82) is 5.26 Å². The van der Waals surface area contributed by atoms with Crippen molar-refractivity contribution >= 4 is 5.91 Å². The first kappa shape index (κ1) is 21.2. The van der Waals surface area contributed by atoms with Gasteiger partial charge >= 0.3 is 0 Å². The standard InChI is InChI=1S/C26H24N4O2/c1-5-19-14-20(6-7-21(19)15-27)25-28-24(26(31)29-13-12-17(2)16-29)18(3)30(25)22-8-10-23(32-4)11-9-22/h1,6-11,14,17H,12-13,16H2,2-4H3/t17-/m0/s1. The second-order valence-electron chi connectivity index (χ2n) is 8.06. The summed E-state index contributed by atoms with van der Waals surface area (Å²) in [6, 6.07) is 15.0. The maximum absolute atomic E-state index is 13.3. The molecule has 0 spiro atoms. The summed E-state index contributed by atoms with van der Waals surface area (Å²) in [5, 5.41) is 9.33. The van der Waals surface area contributed by atoms with Gasteiger partial charge in [0, 0.05) is 29.9 Å². The van der Waals surface area contributed by atoms with Crippen LogP contribution in [0.4, 0.5) is 0 Å². The number of hydrogen-bond donors (Lipinski definition) is 0. The fourth-order valence-electron chi connectivity index (χ4n) is 4.11. The summed E-state index contributed by atoms with van der Waals surface area (Å²) in [4.78, 5) is 20.0. The summed E-state index contributed by atoms with van der Waals surface area (Å²) in [6.07, 6.45) is 6.63. The molecule has 0 bridgehead atoms. The zero-order valence-electron chi connectivity index (χ0n) is 18.4. The molecule has 1 aliphatic rings. The second kappa shape index (κ2) is 8.61. The average molecular weight is 425 g/mol. The van der Waals surface area contributed by atoms with Crippen LogP contribution in [0, 0.1) is 36.5 Å². The first-order valence-corrected chi connectivity index (χ1v) is 10.5. The van der Waals surface area contributed by atoms with Gasteiger partial charge in [-0.25, -0.2) is 4.98 Å². The molecule has 0 saturated carbocycles. The van der Waals surface area contributed by atoms with E-state index >= 15 is 0 Å². The predicted octanol–water partition coefficient (Wildman–Crippen LogP) is 4.19. The lowest BCUT2D eigenvalue weighted by molar-refractivity contribution is 0.0782. The van der Waals surface area contributed by atoms with Gasteiger partial charge in [-0.2, -0.15) is 5.26 Å². The topological polar surface area (TPSA) is 71.2 Å². The number of imidazole rings is 1. The monoisotopic (exact) mass is 424 g/mol. The first-order chi connectivity index (χ1) is 15.5. The van der Waals surface area contributed by atoms with Crippen LogP contribution in [0.15, 0.2) is 42.5 Å². The van der Waals surface area contributed by atoms with E-state index < -0.39 is 0 Å². The third-order valence-corrected chi connectivity index (χ3v) is 5.91. The van der Waals surface area contributed by atoms with Crippen molar-refractivity contribution in [3.8, 4) is 41.2 Å². The minimum Gasteiger partial charge on any atom is -0.497 e. The van der Waals surface area contributed by atoms with Crippen LogP contribution in [-0.4, -0.2) is 40.6 Å². The number of carbonyl (C=O) groups excluding carboxylic acids is 1. The highest BCUT2D eigenvalue weighted by molar-refractivity contribution is 5.94. The largest absolute Gasteiger partial charge is 0.497 e. The van der Waals surface area contributed by atoms with Crippen molar-refractivity contribution in [2.75, 3.05) is 20.2 Å². The number of rotatable bonds is 4. The molecule has 6 nitrogen and oxygen atoms in total. The summed E-state index contributed by atoms with van der Waals surface area (Å²) in [6.45, 7) is 5.53. The summed E-state index contributed by atoms with van der Waals surface area (Å²) in [7, 11) is 1.62. The summed E-state index contributed by atoms with van der Waals surface area (Å²) < 4.78 is 7.24. The number of methoxy groups -OCH3 is 1. The Morgan fingerprint density at radius 3 is 2.56 bits per heavy atom. The van der Waals surface area contributed by atoms with Gasteiger partial charge in [-0.1, -0.05) is 12.8 Å². The molecule has 1 aromatic heterocycles. The van der Waals surface area contributed by atoms with Crippen molar-refractivity contribution in [1.82, 2.24) is 14.5 Å². The van der Waals surface area contributed by atoms with Gasteiger partial charge in [0.2, 0.25) is 0 Å². The maximum Gasteiger partial charge on any atom is 0.274 e. The Hall–Kier alpha value is -4.03. The smallest absolute Gasteiger partial charge is 0.274 e. The fourth-order valence-corrected chi connectivity index (χ4v) is 4.11.